The molecule has 0 saturated heterocycles. The zero-order chi connectivity index (χ0) is 10.7. The lowest BCUT2D eigenvalue weighted by Crippen LogP contribution is -2.12. The first-order valence-electron chi connectivity index (χ1n) is 4.59. The third-order valence-electron chi connectivity index (χ3n) is 2.18. The van der Waals surface area contributed by atoms with Gasteiger partial charge in [0.15, 0.2) is 0 Å². The average molecular weight is 263 g/mol. The molecule has 0 spiro atoms. The summed E-state index contributed by atoms with van der Waals surface area (Å²) in [7, 11) is 0. The number of benzene rings is 1. The molecular formula is C11H13BrF2. The Morgan fingerprint density at radius 3 is 2.14 bits per heavy atom. The van der Waals surface area contributed by atoms with Crippen LogP contribution in [0.4, 0.5) is 8.78 Å². The van der Waals surface area contributed by atoms with Crippen molar-refractivity contribution in [3.05, 3.63) is 35.4 Å². The van der Waals surface area contributed by atoms with Gasteiger partial charge < -0.3 is 0 Å². The van der Waals surface area contributed by atoms with E-state index < -0.39 is 11.6 Å². The van der Waals surface area contributed by atoms with E-state index in [0.717, 1.165) is 0 Å². The summed E-state index contributed by atoms with van der Waals surface area (Å²) in [6.07, 6.45) is 0.385. The highest BCUT2D eigenvalue weighted by atomic mass is 79.9. The fourth-order valence-electron chi connectivity index (χ4n) is 1.16. The van der Waals surface area contributed by atoms with Gasteiger partial charge in [-0.15, -0.1) is 0 Å². The van der Waals surface area contributed by atoms with Gasteiger partial charge in [-0.3, -0.25) is 0 Å². The maximum absolute atomic E-state index is 13.2. The minimum atomic E-state index is -0.463. The molecule has 1 aromatic rings. The minimum Gasteiger partial charge on any atom is -0.207 e. The Morgan fingerprint density at radius 2 is 1.71 bits per heavy atom. The summed E-state index contributed by atoms with van der Waals surface area (Å²) in [6.45, 7) is 4.02. The molecule has 3 heteroatoms. The summed E-state index contributed by atoms with van der Waals surface area (Å²) in [5, 5.41) is 0. The zero-order valence-electron chi connectivity index (χ0n) is 8.23. The van der Waals surface area contributed by atoms with Crippen LogP contribution in [-0.2, 0) is 6.42 Å². The first-order valence-corrected chi connectivity index (χ1v) is 5.51. The molecule has 0 N–H and O–H groups in total. The summed E-state index contributed by atoms with van der Waals surface area (Å²) in [5.41, 5.74) is 0.170. The van der Waals surface area contributed by atoms with Gasteiger partial charge in [-0.25, -0.2) is 8.78 Å². The minimum absolute atomic E-state index is 0.105. The van der Waals surface area contributed by atoms with E-state index in [1.54, 1.807) is 0 Å². The molecule has 0 aliphatic heterocycles. The van der Waals surface area contributed by atoms with E-state index in [0.29, 0.717) is 12.3 Å². The number of alkyl halides is 1. The van der Waals surface area contributed by atoms with Crippen LogP contribution in [0.5, 0.6) is 0 Å². The molecule has 1 aromatic carbocycles. The Morgan fingerprint density at radius 1 is 1.21 bits per heavy atom. The fourth-order valence-corrected chi connectivity index (χ4v) is 1.48. The van der Waals surface area contributed by atoms with Crippen LogP contribution in [0.3, 0.4) is 0 Å². The van der Waals surface area contributed by atoms with Gasteiger partial charge >= 0.3 is 0 Å². The molecule has 1 unspecified atom stereocenters. The molecule has 0 heterocycles. The second-order valence-corrected chi connectivity index (χ2v) is 4.84. The van der Waals surface area contributed by atoms with E-state index in [2.05, 4.69) is 15.9 Å². The van der Waals surface area contributed by atoms with Crippen molar-refractivity contribution in [2.24, 2.45) is 5.92 Å². The van der Waals surface area contributed by atoms with Crippen molar-refractivity contribution >= 4 is 15.9 Å². The maximum atomic E-state index is 13.2. The molecule has 0 radical (unpaired) electrons. The first-order chi connectivity index (χ1) is 6.52. The highest BCUT2D eigenvalue weighted by Crippen LogP contribution is 2.21. The predicted molar refractivity (Wildman–Crippen MR) is 57.6 cm³/mol. The van der Waals surface area contributed by atoms with Gasteiger partial charge in [-0.05, 0) is 24.5 Å². The SMILES string of the molecule is CC(C)C(Br)Cc1c(F)cccc1F. The normalized spacial score (nSPS) is 13.3. The van der Waals surface area contributed by atoms with Gasteiger partial charge in [-0.2, -0.15) is 0 Å². The number of hydrogen-bond donors (Lipinski definition) is 0. The predicted octanol–water partition coefficient (Wildman–Crippen LogP) is 3.93. The van der Waals surface area contributed by atoms with E-state index in [1.165, 1.54) is 18.2 Å². The van der Waals surface area contributed by atoms with Gasteiger partial charge in [0.1, 0.15) is 11.6 Å². The van der Waals surface area contributed by atoms with Crippen molar-refractivity contribution in [1.82, 2.24) is 0 Å². The van der Waals surface area contributed by atoms with Crippen molar-refractivity contribution in [3.63, 3.8) is 0 Å². The van der Waals surface area contributed by atoms with Gasteiger partial charge in [0.2, 0.25) is 0 Å². The maximum Gasteiger partial charge on any atom is 0.129 e. The molecule has 0 bridgehead atoms. The summed E-state index contributed by atoms with van der Waals surface area (Å²) >= 11 is 3.41. The van der Waals surface area contributed by atoms with Crippen molar-refractivity contribution in [3.8, 4) is 0 Å². The molecule has 0 saturated carbocycles. The van der Waals surface area contributed by atoms with Crippen LogP contribution >= 0.6 is 15.9 Å². The lowest BCUT2D eigenvalue weighted by molar-refractivity contribution is 0.532. The van der Waals surface area contributed by atoms with Crippen molar-refractivity contribution in [2.75, 3.05) is 0 Å². The molecule has 1 atom stereocenters. The van der Waals surface area contributed by atoms with Crippen molar-refractivity contribution in [2.45, 2.75) is 25.1 Å². The number of rotatable bonds is 3. The Kier molecular flexibility index (Phi) is 4.05. The van der Waals surface area contributed by atoms with Crippen LogP contribution in [0.2, 0.25) is 0 Å². The second kappa shape index (κ2) is 4.87. The Balaban J connectivity index is 2.85. The topological polar surface area (TPSA) is 0 Å². The largest absolute Gasteiger partial charge is 0.207 e. The monoisotopic (exact) mass is 262 g/mol. The smallest absolute Gasteiger partial charge is 0.129 e. The Labute approximate surface area is 91.5 Å². The Bertz CT molecular complexity index is 290. The standard InChI is InChI=1S/C11H13BrF2/c1-7(2)9(12)6-8-10(13)4-3-5-11(8)14/h3-5,7,9H,6H2,1-2H3. The van der Waals surface area contributed by atoms with Crippen LogP contribution in [-0.4, -0.2) is 4.83 Å². The third-order valence-corrected chi connectivity index (χ3v) is 3.57. The summed E-state index contributed by atoms with van der Waals surface area (Å²) in [4.78, 5) is 0.105. The molecule has 78 valence electrons. The van der Waals surface area contributed by atoms with E-state index in [1.807, 2.05) is 13.8 Å². The van der Waals surface area contributed by atoms with E-state index in [4.69, 9.17) is 0 Å². The average Bonchev–Trinajstić information content (AvgIpc) is 2.11. The molecule has 1 rings (SSSR count). The van der Waals surface area contributed by atoms with E-state index >= 15 is 0 Å². The van der Waals surface area contributed by atoms with E-state index in [-0.39, 0.29) is 10.4 Å². The van der Waals surface area contributed by atoms with Crippen LogP contribution in [0.25, 0.3) is 0 Å². The highest BCUT2D eigenvalue weighted by Gasteiger charge is 2.15. The van der Waals surface area contributed by atoms with Gasteiger partial charge in [0.05, 0.1) is 0 Å². The number of halogens is 3. The summed E-state index contributed by atoms with van der Waals surface area (Å²) in [5.74, 6) is -0.570. The molecule has 0 aliphatic carbocycles. The van der Waals surface area contributed by atoms with Crippen LogP contribution in [0.1, 0.15) is 19.4 Å². The molecule has 0 nitrogen and oxygen atoms in total. The third kappa shape index (κ3) is 2.77. The lowest BCUT2D eigenvalue weighted by atomic mass is 10.0. The van der Waals surface area contributed by atoms with Gasteiger partial charge in [0, 0.05) is 10.4 Å². The summed E-state index contributed by atoms with van der Waals surface area (Å²) < 4.78 is 26.4. The van der Waals surface area contributed by atoms with E-state index in [9.17, 15) is 8.78 Å². The zero-order valence-corrected chi connectivity index (χ0v) is 9.81. The molecule has 0 amide bonds. The van der Waals surface area contributed by atoms with Gasteiger partial charge in [-0.1, -0.05) is 35.8 Å². The molecule has 0 fully saturated rings. The lowest BCUT2D eigenvalue weighted by Gasteiger charge is -2.14. The number of hydrogen-bond acceptors (Lipinski definition) is 0. The second-order valence-electron chi connectivity index (χ2n) is 3.66. The van der Waals surface area contributed by atoms with Crippen molar-refractivity contribution < 1.29 is 8.78 Å². The summed E-state index contributed by atoms with van der Waals surface area (Å²) in [6, 6.07) is 3.96. The van der Waals surface area contributed by atoms with Crippen LogP contribution in [0, 0.1) is 17.6 Å². The molecule has 0 aromatic heterocycles. The molecule has 0 aliphatic rings. The quantitative estimate of drug-likeness (QED) is 0.725. The van der Waals surface area contributed by atoms with Crippen molar-refractivity contribution in [1.29, 1.82) is 0 Å². The fraction of sp³-hybridized carbons (Fsp3) is 0.455. The van der Waals surface area contributed by atoms with Crippen LogP contribution < -0.4 is 0 Å². The van der Waals surface area contributed by atoms with Crippen LogP contribution in [0.15, 0.2) is 18.2 Å². The first kappa shape index (κ1) is 11.6. The molecule has 14 heavy (non-hydrogen) atoms. The van der Waals surface area contributed by atoms with Gasteiger partial charge in [0.25, 0.3) is 0 Å². The Hall–Kier alpha value is -0.440. The highest BCUT2D eigenvalue weighted by molar-refractivity contribution is 9.09. The molecular weight excluding hydrogens is 250 g/mol.